The van der Waals surface area contributed by atoms with Gasteiger partial charge in [-0.15, -0.1) is 30.1 Å². The fourth-order valence-corrected chi connectivity index (χ4v) is 4.12. The lowest BCUT2D eigenvalue weighted by Crippen LogP contribution is -1.94. The van der Waals surface area contributed by atoms with Gasteiger partial charge < -0.3 is 0 Å². The van der Waals surface area contributed by atoms with Gasteiger partial charge in [-0.2, -0.15) is 0 Å². The van der Waals surface area contributed by atoms with Gasteiger partial charge in [0.05, 0.1) is 4.58 Å². The molecule has 0 atom stereocenters. The summed E-state index contributed by atoms with van der Waals surface area (Å²) in [5, 5.41) is 0. The molecule has 0 saturated carbocycles. The molecule has 18 heavy (non-hydrogen) atoms. The molecule has 2 rings (SSSR count). The molecule has 0 radical (unpaired) electrons. The van der Waals surface area contributed by atoms with Crippen molar-refractivity contribution in [1.82, 2.24) is 0 Å². The molecule has 0 aliphatic rings. The standard InChI is InChI=1S/C16H16S2/c1-2-9-16(17-14-10-5-3-6-11-14)18-15-12-7-4-8-13-15/h2-8,10-13,16H,1,9H2. The van der Waals surface area contributed by atoms with E-state index in [1.807, 2.05) is 29.6 Å². The van der Waals surface area contributed by atoms with Crippen LogP contribution in [0, 0.1) is 0 Å². The summed E-state index contributed by atoms with van der Waals surface area (Å²) in [5.41, 5.74) is 0. The summed E-state index contributed by atoms with van der Waals surface area (Å²) in [6.07, 6.45) is 3.00. The summed E-state index contributed by atoms with van der Waals surface area (Å²) in [7, 11) is 0. The van der Waals surface area contributed by atoms with Crippen LogP contribution >= 0.6 is 23.5 Å². The van der Waals surface area contributed by atoms with Crippen LogP contribution in [0.3, 0.4) is 0 Å². The summed E-state index contributed by atoms with van der Waals surface area (Å²) >= 11 is 3.80. The van der Waals surface area contributed by atoms with E-state index in [4.69, 9.17) is 0 Å². The molecular weight excluding hydrogens is 256 g/mol. The van der Waals surface area contributed by atoms with Crippen LogP contribution in [0.4, 0.5) is 0 Å². The molecule has 2 aromatic rings. The SMILES string of the molecule is C=CCC(Sc1ccccc1)Sc1ccccc1. The van der Waals surface area contributed by atoms with Crippen molar-refractivity contribution in [3.63, 3.8) is 0 Å². The van der Waals surface area contributed by atoms with Crippen LogP contribution in [0.25, 0.3) is 0 Å². The lowest BCUT2D eigenvalue weighted by molar-refractivity contribution is 1.17. The Hall–Kier alpha value is -1.12. The molecule has 0 saturated heterocycles. The Balaban J connectivity index is 2.02. The molecule has 0 aromatic heterocycles. The summed E-state index contributed by atoms with van der Waals surface area (Å²) in [5.74, 6) is 0. The maximum absolute atomic E-state index is 3.86. The molecule has 0 unspecified atom stereocenters. The van der Waals surface area contributed by atoms with Gasteiger partial charge >= 0.3 is 0 Å². The Morgan fingerprint density at radius 3 is 1.67 bits per heavy atom. The van der Waals surface area contributed by atoms with Crippen LogP contribution in [0.1, 0.15) is 6.42 Å². The zero-order chi connectivity index (χ0) is 12.6. The minimum absolute atomic E-state index is 0.479. The van der Waals surface area contributed by atoms with Crippen molar-refractivity contribution in [1.29, 1.82) is 0 Å². The molecule has 0 nitrogen and oxygen atoms in total. The smallest absolute Gasteiger partial charge is 0.0631 e. The average molecular weight is 272 g/mol. The van der Waals surface area contributed by atoms with E-state index < -0.39 is 0 Å². The molecule has 0 spiro atoms. The van der Waals surface area contributed by atoms with E-state index >= 15 is 0 Å². The lowest BCUT2D eigenvalue weighted by atomic mass is 10.4. The van der Waals surface area contributed by atoms with Gasteiger partial charge in [-0.25, -0.2) is 0 Å². The van der Waals surface area contributed by atoms with Gasteiger partial charge in [0.1, 0.15) is 0 Å². The Labute approximate surface area is 118 Å². The zero-order valence-electron chi connectivity index (χ0n) is 10.2. The Morgan fingerprint density at radius 2 is 1.28 bits per heavy atom. The molecule has 92 valence electrons. The summed E-state index contributed by atoms with van der Waals surface area (Å²) in [6, 6.07) is 21.1. The molecule has 0 aliphatic carbocycles. The van der Waals surface area contributed by atoms with E-state index in [0.717, 1.165) is 6.42 Å². The first-order chi connectivity index (χ1) is 8.88. The molecule has 0 heterocycles. The summed E-state index contributed by atoms with van der Waals surface area (Å²) in [6.45, 7) is 3.86. The van der Waals surface area contributed by atoms with Crippen molar-refractivity contribution in [3.05, 3.63) is 73.3 Å². The number of hydrogen-bond donors (Lipinski definition) is 0. The summed E-state index contributed by atoms with van der Waals surface area (Å²) < 4.78 is 0.479. The van der Waals surface area contributed by atoms with E-state index in [2.05, 4.69) is 67.2 Å². The van der Waals surface area contributed by atoms with Gasteiger partial charge in [-0.05, 0) is 30.7 Å². The van der Waals surface area contributed by atoms with Gasteiger partial charge in [0, 0.05) is 9.79 Å². The second kappa shape index (κ2) is 7.34. The van der Waals surface area contributed by atoms with Crippen LogP contribution in [0.5, 0.6) is 0 Å². The first kappa shape index (κ1) is 13.3. The second-order valence-corrected chi connectivity index (χ2v) is 6.67. The fourth-order valence-electron chi connectivity index (χ4n) is 1.56. The number of rotatable bonds is 6. The molecule has 2 heteroatoms. The highest BCUT2D eigenvalue weighted by Crippen LogP contribution is 2.37. The van der Waals surface area contributed by atoms with E-state index in [1.54, 1.807) is 0 Å². The monoisotopic (exact) mass is 272 g/mol. The Morgan fingerprint density at radius 1 is 0.833 bits per heavy atom. The van der Waals surface area contributed by atoms with Crippen molar-refractivity contribution in [3.8, 4) is 0 Å². The van der Waals surface area contributed by atoms with E-state index in [1.165, 1.54) is 9.79 Å². The molecule has 0 bridgehead atoms. The number of hydrogen-bond acceptors (Lipinski definition) is 2. The molecule has 0 fully saturated rings. The van der Waals surface area contributed by atoms with E-state index in [-0.39, 0.29) is 0 Å². The zero-order valence-corrected chi connectivity index (χ0v) is 11.8. The van der Waals surface area contributed by atoms with Gasteiger partial charge in [0.25, 0.3) is 0 Å². The first-order valence-electron chi connectivity index (χ1n) is 5.93. The topological polar surface area (TPSA) is 0 Å². The molecule has 0 aliphatic heterocycles. The van der Waals surface area contributed by atoms with E-state index in [9.17, 15) is 0 Å². The Kier molecular flexibility index (Phi) is 5.43. The lowest BCUT2D eigenvalue weighted by Gasteiger charge is -2.14. The third-order valence-electron chi connectivity index (χ3n) is 2.38. The normalized spacial score (nSPS) is 10.5. The molecular formula is C16H16S2. The van der Waals surface area contributed by atoms with Crippen molar-refractivity contribution in [2.75, 3.05) is 0 Å². The van der Waals surface area contributed by atoms with Crippen molar-refractivity contribution in [2.45, 2.75) is 20.8 Å². The highest BCUT2D eigenvalue weighted by atomic mass is 32.2. The van der Waals surface area contributed by atoms with Crippen LogP contribution < -0.4 is 0 Å². The van der Waals surface area contributed by atoms with Crippen LogP contribution in [0.15, 0.2) is 83.1 Å². The predicted molar refractivity (Wildman–Crippen MR) is 83.2 cm³/mol. The largest absolute Gasteiger partial charge is 0.111 e. The average Bonchev–Trinajstić information content (AvgIpc) is 2.41. The van der Waals surface area contributed by atoms with Crippen LogP contribution in [-0.2, 0) is 0 Å². The van der Waals surface area contributed by atoms with Gasteiger partial charge in [0.15, 0.2) is 0 Å². The minimum atomic E-state index is 0.479. The molecule has 2 aromatic carbocycles. The van der Waals surface area contributed by atoms with Crippen molar-refractivity contribution in [2.24, 2.45) is 0 Å². The Bertz CT molecular complexity index is 423. The van der Waals surface area contributed by atoms with Crippen molar-refractivity contribution >= 4 is 23.5 Å². The predicted octanol–water partition coefficient (Wildman–Crippen LogP) is 5.47. The first-order valence-corrected chi connectivity index (χ1v) is 7.69. The fraction of sp³-hybridized carbons (Fsp3) is 0.125. The van der Waals surface area contributed by atoms with Gasteiger partial charge in [-0.3, -0.25) is 0 Å². The van der Waals surface area contributed by atoms with Crippen molar-refractivity contribution < 1.29 is 0 Å². The van der Waals surface area contributed by atoms with Gasteiger partial charge in [-0.1, -0.05) is 42.5 Å². The highest BCUT2D eigenvalue weighted by molar-refractivity contribution is 8.17. The summed E-state index contributed by atoms with van der Waals surface area (Å²) in [4.78, 5) is 2.63. The third kappa shape index (κ3) is 4.28. The quantitative estimate of drug-likeness (QED) is 0.388. The number of thioether (sulfide) groups is 2. The van der Waals surface area contributed by atoms with E-state index in [0.29, 0.717) is 4.58 Å². The third-order valence-corrected chi connectivity index (χ3v) is 4.96. The maximum atomic E-state index is 3.86. The molecule has 0 N–H and O–H groups in total. The van der Waals surface area contributed by atoms with Crippen LogP contribution in [-0.4, -0.2) is 4.58 Å². The van der Waals surface area contributed by atoms with Crippen LogP contribution in [0.2, 0.25) is 0 Å². The highest BCUT2D eigenvalue weighted by Gasteiger charge is 2.10. The number of benzene rings is 2. The minimum Gasteiger partial charge on any atom is -0.111 e. The van der Waals surface area contributed by atoms with Gasteiger partial charge in [0.2, 0.25) is 0 Å². The maximum Gasteiger partial charge on any atom is 0.0631 e. The number of allylic oxidation sites excluding steroid dienone is 1. The second-order valence-electron chi connectivity index (χ2n) is 3.82. The molecule has 0 amide bonds.